The Morgan fingerprint density at radius 3 is 2.46 bits per heavy atom. The second-order valence-corrected chi connectivity index (χ2v) is 9.67. The molecule has 1 aromatic heterocycles. The number of sulfonamides is 1. The van der Waals surface area contributed by atoms with Crippen LogP contribution in [0.1, 0.15) is 45.6 Å². The van der Waals surface area contributed by atoms with Gasteiger partial charge >= 0.3 is 0 Å². The number of fused-ring (bicyclic) bond motifs is 2. The lowest BCUT2D eigenvalue weighted by atomic mass is 9.70. The Bertz CT molecular complexity index is 730. The van der Waals surface area contributed by atoms with Gasteiger partial charge in [-0.25, -0.2) is 8.42 Å². The van der Waals surface area contributed by atoms with Crippen LogP contribution < -0.4 is 0 Å². The highest BCUT2D eigenvalue weighted by molar-refractivity contribution is 7.89. The van der Waals surface area contributed by atoms with Crippen molar-refractivity contribution in [3.63, 3.8) is 0 Å². The summed E-state index contributed by atoms with van der Waals surface area (Å²) in [5, 5.41) is 0. The first kappa shape index (κ1) is 17.5. The van der Waals surface area contributed by atoms with Crippen LogP contribution in [0.5, 0.6) is 0 Å². The van der Waals surface area contributed by atoms with Crippen molar-refractivity contribution >= 4 is 15.8 Å². The van der Waals surface area contributed by atoms with Crippen LogP contribution in [-0.4, -0.2) is 35.8 Å². The molecule has 0 N–H and O–H groups in total. The molecule has 0 aliphatic heterocycles. The smallest absolute Gasteiger partial charge is 0.215 e. The van der Waals surface area contributed by atoms with Gasteiger partial charge in [0.2, 0.25) is 10.0 Å². The average Bonchev–Trinajstić information content (AvgIpc) is 2.87. The van der Waals surface area contributed by atoms with Crippen LogP contribution >= 0.6 is 0 Å². The molecular weight excluding hydrogens is 324 g/mol. The van der Waals surface area contributed by atoms with E-state index in [1.165, 1.54) is 4.31 Å². The largest absolute Gasteiger partial charge is 0.299 e. The highest BCUT2D eigenvalue weighted by atomic mass is 32.2. The molecule has 2 bridgehead atoms. The Morgan fingerprint density at radius 1 is 1.29 bits per heavy atom. The number of hydrogen-bond acceptors (Lipinski definition) is 4. The summed E-state index contributed by atoms with van der Waals surface area (Å²) in [5.41, 5.74) is -0.0238. The van der Waals surface area contributed by atoms with Gasteiger partial charge in [-0.15, -0.1) is 0 Å². The van der Waals surface area contributed by atoms with E-state index in [0.29, 0.717) is 31.8 Å². The molecule has 0 amide bonds. The van der Waals surface area contributed by atoms with Crippen molar-refractivity contribution in [2.45, 2.75) is 46.6 Å². The van der Waals surface area contributed by atoms with E-state index in [2.05, 4.69) is 18.8 Å². The molecule has 5 nitrogen and oxygen atoms in total. The van der Waals surface area contributed by atoms with Crippen molar-refractivity contribution in [2.24, 2.45) is 16.7 Å². The van der Waals surface area contributed by atoms with Gasteiger partial charge in [0.05, 0.1) is 5.75 Å². The van der Waals surface area contributed by atoms with Crippen molar-refractivity contribution in [1.82, 2.24) is 9.29 Å². The third-order valence-corrected chi connectivity index (χ3v) is 8.45. The van der Waals surface area contributed by atoms with Crippen LogP contribution in [0.3, 0.4) is 0 Å². The summed E-state index contributed by atoms with van der Waals surface area (Å²) >= 11 is 0. The molecule has 6 heteroatoms. The summed E-state index contributed by atoms with van der Waals surface area (Å²) < 4.78 is 27.7. The van der Waals surface area contributed by atoms with Gasteiger partial charge in [-0.1, -0.05) is 20.8 Å². The van der Waals surface area contributed by atoms with Gasteiger partial charge in [-0.3, -0.25) is 9.78 Å². The molecule has 1 heterocycles. The first-order valence-electron chi connectivity index (χ1n) is 8.63. The summed E-state index contributed by atoms with van der Waals surface area (Å²) in [7, 11) is -3.51. The van der Waals surface area contributed by atoms with Crippen LogP contribution in [0.4, 0.5) is 0 Å². The normalized spacial score (nSPS) is 28.7. The zero-order chi connectivity index (χ0) is 17.6. The molecule has 0 spiro atoms. The van der Waals surface area contributed by atoms with E-state index < -0.39 is 15.4 Å². The van der Waals surface area contributed by atoms with E-state index in [1.54, 1.807) is 12.4 Å². The van der Waals surface area contributed by atoms with Crippen LogP contribution in [0.25, 0.3) is 0 Å². The summed E-state index contributed by atoms with van der Waals surface area (Å²) in [6.45, 7) is 6.72. The van der Waals surface area contributed by atoms with E-state index in [1.807, 2.05) is 19.1 Å². The van der Waals surface area contributed by atoms with E-state index in [-0.39, 0.29) is 17.0 Å². The van der Waals surface area contributed by atoms with Crippen LogP contribution in [0.15, 0.2) is 24.5 Å². The highest BCUT2D eigenvalue weighted by Crippen LogP contribution is 2.64. The lowest BCUT2D eigenvalue weighted by Gasteiger charge is -2.37. The quantitative estimate of drug-likeness (QED) is 0.791. The van der Waals surface area contributed by atoms with Crippen LogP contribution in [-0.2, 0) is 21.4 Å². The van der Waals surface area contributed by atoms with Crippen molar-refractivity contribution in [3.05, 3.63) is 30.1 Å². The highest BCUT2D eigenvalue weighted by Gasteiger charge is 2.65. The average molecular weight is 350 g/mol. The van der Waals surface area contributed by atoms with Gasteiger partial charge < -0.3 is 0 Å². The zero-order valence-corrected chi connectivity index (χ0v) is 15.5. The minimum atomic E-state index is -3.51. The number of hydrogen-bond donors (Lipinski definition) is 0. The number of rotatable bonds is 6. The first-order valence-corrected chi connectivity index (χ1v) is 10.2. The van der Waals surface area contributed by atoms with Crippen molar-refractivity contribution in [2.75, 3.05) is 12.3 Å². The maximum absolute atomic E-state index is 13.1. The molecule has 0 saturated heterocycles. The number of pyridine rings is 1. The Hall–Kier alpha value is -1.27. The third-order valence-electron chi connectivity index (χ3n) is 6.42. The summed E-state index contributed by atoms with van der Waals surface area (Å²) in [5.74, 6) is 0.420. The van der Waals surface area contributed by atoms with Crippen molar-refractivity contribution in [1.29, 1.82) is 0 Å². The summed E-state index contributed by atoms with van der Waals surface area (Å²) in [6, 6.07) is 3.65. The molecule has 2 fully saturated rings. The Morgan fingerprint density at radius 2 is 1.96 bits per heavy atom. The summed E-state index contributed by atoms with van der Waals surface area (Å²) in [6.07, 6.45) is 5.54. The number of carbonyl (C=O) groups excluding carboxylic acids is 1. The molecular formula is C18H26N2O3S. The van der Waals surface area contributed by atoms with Crippen LogP contribution in [0.2, 0.25) is 0 Å². The number of aromatic nitrogens is 1. The zero-order valence-electron chi connectivity index (χ0n) is 14.7. The predicted molar refractivity (Wildman–Crippen MR) is 92.7 cm³/mol. The molecule has 2 aliphatic carbocycles. The number of nitrogens with zero attached hydrogens (tertiary/aromatic N) is 2. The fourth-order valence-electron chi connectivity index (χ4n) is 4.61. The van der Waals surface area contributed by atoms with Crippen molar-refractivity contribution < 1.29 is 13.2 Å². The maximum atomic E-state index is 13.1. The minimum absolute atomic E-state index is 0.0543. The van der Waals surface area contributed by atoms with Gasteiger partial charge in [0.25, 0.3) is 0 Å². The topological polar surface area (TPSA) is 67.3 Å². The fraction of sp³-hybridized carbons (Fsp3) is 0.667. The maximum Gasteiger partial charge on any atom is 0.215 e. The van der Waals surface area contributed by atoms with Gasteiger partial charge in [0.15, 0.2) is 0 Å². The van der Waals surface area contributed by atoms with E-state index in [9.17, 15) is 13.2 Å². The molecule has 1 unspecified atom stereocenters. The molecule has 2 atom stereocenters. The molecule has 3 rings (SSSR count). The second-order valence-electron chi connectivity index (χ2n) is 7.70. The van der Waals surface area contributed by atoms with Crippen LogP contribution in [0, 0.1) is 16.7 Å². The molecule has 2 saturated carbocycles. The Kier molecular flexibility index (Phi) is 4.33. The molecule has 0 radical (unpaired) electrons. The molecule has 24 heavy (non-hydrogen) atoms. The number of Topliss-reactive ketones (excluding diaryl/α,β-unsaturated/α-hetero) is 1. The summed E-state index contributed by atoms with van der Waals surface area (Å²) in [4.78, 5) is 16.6. The molecule has 2 aliphatic rings. The van der Waals surface area contributed by atoms with E-state index in [4.69, 9.17) is 0 Å². The SMILES string of the molecule is CCN(Cc1ccncc1)S(=O)(=O)CC12CC[C@@H](CC1=O)C2(C)C. The lowest BCUT2D eigenvalue weighted by Crippen LogP contribution is -2.46. The van der Waals surface area contributed by atoms with E-state index >= 15 is 0 Å². The lowest BCUT2D eigenvalue weighted by molar-refractivity contribution is -0.128. The fourth-order valence-corrected chi connectivity index (χ4v) is 6.83. The number of ketones is 1. The van der Waals surface area contributed by atoms with Gasteiger partial charge in [-0.2, -0.15) is 4.31 Å². The monoisotopic (exact) mass is 350 g/mol. The Labute approximate surface area is 144 Å². The van der Waals surface area contributed by atoms with E-state index in [0.717, 1.165) is 12.0 Å². The van der Waals surface area contributed by atoms with Gasteiger partial charge in [0.1, 0.15) is 5.78 Å². The number of carbonyl (C=O) groups is 1. The predicted octanol–water partition coefficient (Wildman–Crippen LogP) is 2.63. The van der Waals surface area contributed by atoms with Crippen molar-refractivity contribution in [3.8, 4) is 0 Å². The molecule has 1 aromatic rings. The first-order chi connectivity index (χ1) is 11.2. The Balaban J connectivity index is 1.86. The van der Waals surface area contributed by atoms with Gasteiger partial charge in [0, 0.05) is 37.3 Å². The molecule has 132 valence electrons. The third kappa shape index (κ3) is 2.60. The molecule has 0 aromatic carbocycles. The minimum Gasteiger partial charge on any atom is -0.299 e. The second kappa shape index (κ2) is 5.92. The standard InChI is InChI=1S/C18H26N2O3S/c1-4-20(12-14-6-9-19-10-7-14)24(22,23)13-18-8-5-15(11-16(18)21)17(18,2)3/h6-7,9-10,15H,4-5,8,11-13H2,1-3H3/t15-,18?/m0/s1. The van der Waals surface area contributed by atoms with Gasteiger partial charge in [-0.05, 0) is 41.9 Å².